The van der Waals surface area contributed by atoms with Gasteiger partial charge in [0.1, 0.15) is 5.78 Å². The number of ketones is 1. The zero-order valence-electron chi connectivity index (χ0n) is 41.8. The largest absolute Gasteiger partial charge is 0.438 e. The van der Waals surface area contributed by atoms with Crippen molar-refractivity contribution < 1.29 is 83.0 Å². The van der Waals surface area contributed by atoms with E-state index in [1.165, 1.54) is 0 Å². The molecular formula is C50H79F12O6P. The lowest BCUT2D eigenvalue weighted by Crippen LogP contribution is -2.55. The quantitative estimate of drug-likeness (QED) is 0.0755. The molecule has 5 N–H and O–H groups in total. The van der Waals surface area contributed by atoms with E-state index in [1.54, 1.807) is 34.6 Å². The molecular weight excluding hydrogens is 955 g/mol. The Morgan fingerprint density at radius 1 is 0.609 bits per heavy atom. The van der Waals surface area contributed by atoms with Crippen molar-refractivity contribution in [1.82, 2.24) is 0 Å². The molecule has 0 aromatic carbocycles. The van der Waals surface area contributed by atoms with Crippen molar-refractivity contribution in [3.8, 4) is 23.7 Å². The van der Waals surface area contributed by atoms with Crippen LogP contribution in [-0.4, -0.2) is 92.5 Å². The number of rotatable bonds is 12. The van der Waals surface area contributed by atoms with Gasteiger partial charge in [-0.15, -0.1) is 9.18 Å². The molecule has 4 aliphatic rings. The van der Waals surface area contributed by atoms with Gasteiger partial charge in [0.25, 0.3) is 0 Å². The van der Waals surface area contributed by atoms with Gasteiger partial charge >= 0.3 is 35.9 Å². The number of aliphatic hydroxyl groups excluding tert-OH is 1. The summed E-state index contributed by atoms with van der Waals surface area (Å²) in [5.41, 5.74) is -14.3. The van der Waals surface area contributed by atoms with Crippen molar-refractivity contribution in [2.45, 2.75) is 232 Å². The second kappa shape index (κ2) is 23.2. The number of fused-ring (bicyclic) bond motifs is 2. The molecule has 19 heteroatoms. The molecule has 4 rings (SSSR count). The SMILES string of the molecule is C.CC(C)(O)CCC[C@](C)(CC#CC(O)(C(F)(F)F)C(F)(F)F)[C@H]1CCC2C(=O)CCC[C@@]21C.CC(C)(O)CCC[C@](C)(CC#CC(O)(C(F)(F)F)C(F)(F)F)[C@H]1CCC2[C@@H](O)CCC[C@@]21C.[2H]PC. The monoisotopic (exact) mass is 1040 g/mol. The molecule has 0 aliphatic heterocycles. The van der Waals surface area contributed by atoms with Crippen molar-refractivity contribution in [3.63, 3.8) is 0 Å². The summed E-state index contributed by atoms with van der Waals surface area (Å²) in [6, 6.07) is 0. The Balaban J connectivity index is 0.000000654. The Kier molecular flexibility index (Phi) is 21.2. The molecule has 4 fully saturated rings. The normalized spacial score (nSPS) is 28.9. The van der Waals surface area contributed by atoms with Crippen molar-refractivity contribution in [2.75, 3.05) is 6.66 Å². The third kappa shape index (κ3) is 15.1. The van der Waals surface area contributed by atoms with E-state index in [4.69, 9.17) is 1.28 Å². The Labute approximate surface area is 405 Å². The standard InChI is InChI=1S/C24H36F6O3.C24H34F6O3.CH5P.CH4/c2*1-19(2,32)11-6-12-20(3,13-7-15-22(33,23(25,26)27)24(28,29)30)18-10-9-16-17(31)8-5-14-21(16,18)4;1-2;/h16-18,31-33H,5-6,8-14H2,1-4H3;16,18,32-33H,5-6,8-14H2,1-4H3;2H2,1H3;1H4/t16?,17-,18+,20+,21-;16?,18-,20-,21+;;/m01../s1/i;;2D;. The van der Waals surface area contributed by atoms with Crippen molar-refractivity contribution >= 4 is 15.0 Å². The lowest BCUT2D eigenvalue weighted by molar-refractivity contribution is -0.344. The van der Waals surface area contributed by atoms with Crippen LogP contribution < -0.4 is 0 Å². The highest BCUT2D eigenvalue weighted by atomic mass is 31.0. The number of hydrogen-bond donors (Lipinski definition) is 5. The molecule has 0 amide bonds. The van der Waals surface area contributed by atoms with E-state index < -0.39 is 69.5 Å². The second-order valence-electron chi connectivity index (χ2n) is 22.2. The summed E-state index contributed by atoms with van der Waals surface area (Å²) in [7, 11) is 0.333. The van der Waals surface area contributed by atoms with Crippen molar-refractivity contribution in [2.24, 2.45) is 45.3 Å². The Hall–Kier alpha value is -1.82. The van der Waals surface area contributed by atoms with Gasteiger partial charge in [-0.2, -0.15) is 52.7 Å². The molecule has 3 unspecified atom stereocenters. The molecule has 6 nitrogen and oxygen atoms in total. The second-order valence-corrected chi connectivity index (χ2v) is 22.2. The maximum Gasteiger partial charge on any atom is 0.438 e. The van der Waals surface area contributed by atoms with Crippen LogP contribution in [0, 0.1) is 69.0 Å². The number of Topliss-reactive ketones (excluding diaryl/α,β-unsaturated/α-hetero) is 1. The zero-order chi connectivity index (χ0) is 53.7. The third-order valence-electron chi connectivity index (χ3n) is 15.9. The van der Waals surface area contributed by atoms with E-state index in [0.717, 1.165) is 37.5 Å². The predicted octanol–water partition coefficient (Wildman–Crippen LogP) is 12.9. The minimum absolute atomic E-state index is 0. The summed E-state index contributed by atoms with van der Waals surface area (Å²) in [6.07, 6.45) is -15.3. The molecule has 4 saturated carbocycles. The van der Waals surface area contributed by atoms with Crippen LogP contribution in [0.25, 0.3) is 0 Å². The van der Waals surface area contributed by atoms with Gasteiger partial charge in [-0.05, 0) is 156 Å². The van der Waals surface area contributed by atoms with Gasteiger partial charge in [-0.25, -0.2) is 0 Å². The van der Waals surface area contributed by atoms with Crippen LogP contribution in [0.5, 0.6) is 0 Å². The predicted molar refractivity (Wildman–Crippen MR) is 245 cm³/mol. The fourth-order valence-electron chi connectivity index (χ4n) is 12.3. The van der Waals surface area contributed by atoms with Crippen LogP contribution in [-0.2, 0) is 4.79 Å². The van der Waals surface area contributed by atoms with Crippen molar-refractivity contribution in [3.05, 3.63) is 0 Å². The first-order valence-corrected chi connectivity index (χ1v) is 24.4. The summed E-state index contributed by atoms with van der Waals surface area (Å²) >= 11 is 0. The van der Waals surface area contributed by atoms with Gasteiger partial charge in [0.2, 0.25) is 0 Å². The Morgan fingerprint density at radius 3 is 1.35 bits per heavy atom. The molecule has 0 spiro atoms. The lowest BCUT2D eigenvalue weighted by Gasteiger charge is -2.49. The van der Waals surface area contributed by atoms with E-state index >= 15 is 0 Å². The average Bonchev–Trinajstić information content (AvgIpc) is 3.71. The summed E-state index contributed by atoms with van der Waals surface area (Å²) in [4.78, 5) is 12.5. The maximum absolute atomic E-state index is 13.1. The molecule has 0 bridgehead atoms. The van der Waals surface area contributed by atoms with Gasteiger partial charge in [0, 0.05) is 25.2 Å². The van der Waals surface area contributed by atoms with Crippen LogP contribution in [0.15, 0.2) is 0 Å². The maximum atomic E-state index is 13.1. The minimum Gasteiger partial charge on any atom is -0.393 e. The van der Waals surface area contributed by atoms with E-state index in [1.807, 2.05) is 26.4 Å². The van der Waals surface area contributed by atoms with Crippen LogP contribution >= 0.6 is 9.18 Å². The average molecular weight is 1040 g/mol. The number of hydrogen-bond acceptors (Lipinski definition) is 6. The zero-order valence-corrected chi connectivity index (χ0v) is 41.8. The molecule has 0 heterocycles. The number of carbonyl (C=O) groups excluding carboxylic acids is 1. The molecule has 404 valence electrons. The van der Waals surface area contributed by atoms with Gasteiger partial charge in [-0.1, -0.05) is 72.9 Å². The Bertz CT molecular complexity index is 1790. The van der Waals surface area contributed by atoms with Crippen molar-refractivity contribution in [1.29, 1.82) is 1.28 Å². The van der Waals surface area contributed by atoms with E-state index in [-0.39, 0.29) is 55.1 Å². The van der Waals surface area contributed by atoms with E-state index in [0.29, 0.717) is 86.2 Å². The molecule has 69 heavy (non-hydrogen) atoms. The topological polar surface area (TPSA) is 118 Å². The van der Waals surface area contributed by atoms with E-state index in [2.05, 4.69) is 12.8 Å². The van der Waals surface area contributed by atoms with E-state index in [9.17, 15) is 83.0 Å². The summed E-state index contributed by atoms with van der Waals surface area (Å²) < 4.78 is 163. The van der Waals surface area contributed by atoms with Gasteiger partial charge in [0.05, 0.1) is 18.6 Å². The summed E-state index contributed by atoms with van der Waals surface area (Å²) in [5.74, 6) is 6.15. The number of alkyl halides is 12. The molecule has 0 saturated heterocycles. The van der Waals surface area contributed by atoms with Gasteiger partial charge < -0.3 is 25.5 Å². The molecule has 0 aromatic heterocycles. The number of aliphatic hydroxyl groups is 5. The minimum atomic E-state index is -5.99. The first kappa shape index (κ1) is 63.3. The lowest BCUT2D eigenvalue weighted by atomic mass is 9.56. The molecule has 4 aliphatic carbocycles. The van der Waals surface area contributed by atoms with Crippen LogP contribution in [0.2, 0.25) is 0 Å². The first-order chi connectivity index (χ1) is 31.0. The summed E-state index contributed by atoms with van der Waals surface area (Å²) in [6.45, 7) is 16.0. The smallest absolute Gasteiger partial charge is 0.393 e. The Morgan fingerprint density at radius 2 is 0.971 bits per heavy atom. The highest BCUT2D eigenvalue weighted by Crippen LogP contribution is 2.63. The first-order valence-electron chi connectivity index (χ1n) is 23.9. The fourth-order valence-corrected chi connectivity index (χ4v) is 12.3. The van der Waals surface area contributed by atoms with Crippen LogP contribution in [0.1, 0.15) is 178 Å². The summed E-state index contributed by atoms with van der Waals surface area (Å²) in [5, 5.41) is 49.5. The number of carbonyl (C=O) groups is 1. The van der Waals surface area contributed by atoms with Gasteiger partial charge in [-0.3, -0.25) is 4.79 Å². The number of halogens is 12. The molecule has 10 atom stereocenters. The van der Waals surface area contributed by atoms with Crippen LogP contribution in [0.4, 0.5) is 52.7 Å². The van der Waals surface area contributed by atoms with Gasteiger partial charge in [0.15, 0.2) is 0 Å². The van der Waals surface area contributed by atoms with Crippen LogP contribution in [0.3, 0.4) is 0 Å². The highest BCUT2D eigenvalue weighted by molar-refractivity contribution is 7.15. The molecule has 0 radical (unpaired) electrons. The highest BCUT2D eigenvalue weighted by Gasteiger charge is 2.71. The third-order valence-corrected chi connectivity index (χ3v) is 15.9. The molecule has 0 aromatic rings. The fraction of sp³-hybridized carbons (Fsp3) is 0.900.